The fourth-order valence-corrected chi connectivity index (χ4v) is 4.55. The molecule has 12 heteroatoms. The molecule has 210 valence electrons. The van der Waals surface area contributed by atoms with E-state index < -0.39 is 12.1 Å². The quantitative estimate of drug-likeness (QED) is 0.282. The number of aliphatic hydroxyl groups is 1. The number of pyridine rings is 1. The second kappa shape index (κ2) is 11.6. The first kappa shape index (κ1) is 27.6. The van der Waals surface area contributed by atoms with Crippen LogP contribution in [0, 0.1) is 6.92 Å². The molecule has 0 saturated carbocycles. The number of aliphatic hydroxyl groups excluding tert-OH is 1. The smallest absolute Gasteiger partial charge is 0.255 e. The fraction of sp³-hybridized carbons (Fsp3) is 0.276. The zero-order valence-electron chi connectivity index (χ0n) is 23.2. The van der Waals surface area contributed by atoms with Crippen molar-refractivity contribution in [3.63, 3.8) is 0 Å². The first-order valence-corrected chi connectivity index (χ1v) is 13.1. The summed E-state index contributed by atoms with van der Waals surface area (Å²) in [5.41, 5.74) is 3.24. The number of benzene rings is 1. The summed E-state index contributed by atoms with van der Waals surface area (Å²) in [7, 11) is 3.73. The molecular formula is C29H31N9O3. The molecule has 0 spiro atoms. The summed E-state index contributed by atoms with van der Waals surface area (Å²) in [6, 6.07) is 13.0. The van der Waals surface area contributed by atoms with Gasteiger partial charge in [-0.1, -0.05) is 18.2 Å². The van der Waals surface area contributed by atoms with Gasteiger partial charge in [-0.2, -0.15) is 0 Å². The van der Waals surface area contributed by atoms with Gasteiger partial charge in [0.2, 0.25) is 11.9 Å². The SMILES string of the molecule is Cc1nccc(Nc2nccc(-c3ccc4c(c3)C(=O)N([C@H](C)C(=O)N[C@H](CO)c3cccc(N(C)C)n3)C4)n2)n1. The van der Waals surface area contributed by atoms with Crippen LogP contribution in [0.1, 0.15) is 40.4 Å². The van der Waals surface area contributed by atoms with E-state index in [1.807, 2.05) is 43.3 Å². The standard InChI is InChI=1S/C29H31N9O3/c1-17(27(40)34-24(16-39)23-6-5-7-26(33-23)37(3)4)38-15-20-9-8-19(14-21(20)28(38)41)22-10-12-31-29(35-22)36-25-11-13-30-18(2)32-25/h5-14,17,24,39H,15-16H2,1-4H3,(H,34,40)(H,30,31,32,35,36)/t17-,24-/m1/s1. The van der Waals surface area contributed by atoms with Crippen molar-refractivity contribution in [3.8, 4) is 11.3 Å². The minimum Gasteiger partial charge on any atom is -0.394 e. The van der Waals surface area contributed by atoms with Gasteiger partial charge in [0.25, 0.3) is 5.91 Å². The molecule has 1 aliphatic heterocycles. The molecule has 0 fully saturated rings. The van der Waals surface area contributed by atoms with E-state index in [4.69, 9.17) is 0 Å². The first-order chi connectivity index (χ1) is 19.7. The predicted molar refractivity (Wildman–Crippen MR) is 153 cm³/mol. The van der Waals surface area contributed by atoms with Gasteiger partial charge in [-0.25, -0.2) is 24.9 Å². The molecule has 1 aliphatic rings. The Bertz CT molecular complexity index is 1590. The molecule has 0 unspecified atom stereocenters. The van der Waals surface area contributed by atoms with Gasteiger partial charge in [0.1, 0.15) is 23.5 Å². The number of carbonyl (C=O) groups excluding carboxylic acids is 2. The Hall–Kier alpha value is -4.97. The third-order valence-corrected chi connectivity index (χ3v) is 6.83. The van der Waals surface area contributed by atoms with Crippen LogP contribution < -0.4 is 15.5 Å². The van der Waals surface area contributed by atoms with Crippen molar-refractivity contribution in [2.75, 3.05) is 30.9 Å². The van der Waals surface area contributed by atoms with Crippen LogP contribution in [-0.4, -0.2) is 73.5 Å². The summed E-state index contributed by atoms with van der Waals surface area (Å²) in [6.45, 7) is 3.44. The lowest BCUT2D eigenvalue weighted by atomic mass is 10.0. The van der Waals surface area contributed by atoms with E-state index in [1.54, 1.807) is 50.5 Å². The monoisotopic (exact) mass is 553 g/mol. The van der Waals surface area contributed by atoms with Crippen molar-refractivity contribution in [2.45, 2.75) is 32.5 Å². The molecule has 1 aromatic carbocycles. The van der Waals surface area contributed by atoms with Gasteiger partial charge in [0, 0.05) is 44.2 Å². The summed E-state index contributed by atoms with van der Waals surface area (Å²) < 4.78 is 0. The second-order valence-electron chi connectivity index (χ2n) is 9.92. The Morgan fingerprint density at radius 1 is 1.07 bits per heavy atom. The van der Waals surface area contributed by atoms with Gasteiger partial charge < -0.3 is 25.5 Å². The van der Waals surface area contributed by atoms with E-state index in [0.717, 1.165) is 11.1 Å². The van der Waals surface area contributed by atoms with Crippen molar-refractivity contribution in [3.05, 3.63) is 83.6 Å². The van der Waals surface area contributed by atoms with Crippen molar-refractivity contribution in [1.29, 1.82) is 0 Å². The van der Waals surface area contributed by atoms with Gasteiger partial charge in [0.05, 0.1) is 24.0 Å². The number of aryl methyl sites for hydroxylation is 1. The summed E-state index contributed by atoms with van der Waals surface area (Å²) >= 11 is 0. The Labute approximate surface area is 237 Å². The maximum absolute atomic E-state index is 13.4. The largest absolute Gasteiger partial charge is 0.394 e. The average molecular weight is 554 g/mol. The molecule has 0 aliphatic carbocycles. The van der Waals surface area contributed by atoms with Crippen LogP contribution in [0.2, 0.25) is 0 Å². The van der Waals surface area contributed by atoms with Gasteiger partial charge in [-0.05, 0) is 49.7 Å². The van der Waals surface area contributed by atoms with Crippen molar-refractivity contribution < 1.29 is 14.7 Å². The summed E-state index contributed by atoms with van der Waals surface area (Å²) in [5.74, 6) is 1.64. The lowest BCUT2D eigenvalue weighted by Crippen LogP contribution is -2.47. The molecule has 0 saturated heterocycles. The minimum absolute atomic E-state index is 0.248. The van der Waals surface area contributed by atoms with Gasteiger partial charge >= 0.3 is 0 Å². The highest BCUT2D eigenvalue weighted by molar-refractivity contribution is 6.02. The number of nitrogens with zero attached hydrogens (tertiary/aromatic N) is 7. The van der Waals surface area contributed by atoms with Crippen LogP contribution >= 0.6 is 0 Å². The maximum Gasteiger partial charge on any atom is 0.255 e. The van der Waals surface area contributed by atoms with Crippen LogP contribution in [-0.2, 0) is 11.3 Å². The Morgan fingerprint density at radius 2 is 1.88 bits per heavy atom. The highest BCUT2D eigenvalue weighted by Crippen LogP contribution is 2.30. The highest BCUT2D eigenvalue weighted by atomic mass is 16.3. The molecule has 12 nitrogen and oxygen atoms in total. The number of nitrogens with one attached hydrogen (secondary N) is 2. The van der Waals surface area contributed by atoms with Crippen LogP contribution in [0.5, 0.6) is 0 Å². The zero-order valence-corrected chi connectivity index (χ0v) is 23.2. The van der Waals surface area contributed by atoms with Gasteiger partial charge in [-0.15, -0.1) is 0 Å². The van der Waals surface area contributed by atoms with Gasteiger partial charge in [-0.3, -0.25) is 9.59 Å². The number of anilines is 3. The Kier molecular flexibility index (Phi) is 7.83. The average Bonchev–Trinajstić information content (AvgIpc) is 3.31. The molecule has 0 radical (unpaired) electrons. The van der Waals surface area contributed by atoms with Crippen LogP contribution in [0.15, 0.2) is 60.9 Å². The van der Waals surface area contributed by atoms with E-state index in [9.17, 15) is 14.7 Å². The van der Waals surface area contributed by atoms with E-state index in [1.165, 1.54) is 4.90 Å². The molecule has 3 N–H and O–H groups in total. The number of hydrogen-bond acceptors (Lipinski definition) is 10. The lowest BCUT2D eigenvalue weighted by molar-refractivity contribution is -0.126. The van der Waals surface area contributed by atoms with Crippen molar-refractivity contribution >= 4 is 29.4 Å². The summed E-state index contributed by atoms with van der Waals surface area (Å²) in [6.07, 6.45) is 3.28. The van der Waals surface area contributed by atoms with Crippen LogP contribution in [0.3, 0.4) is 0 Å². The molecule has 5 rings (SSSR count). The predicted octanol–water partition coefficient (Wildman–Crippen LogP) is 2.64. The van der Waals surface area contributed by atoms with E-state index in [0.29, 0.717) is 46.9 Å². The number of hydrogen-bond donors (Lipinski definition) is 3. The third kappa shape index (κ3) is 5.97. The van der Waals surface area contributed by atoms with E-state index in [-0.39, 0.29) is 18.4 Å². The number of rotatable bonds is 9. The Balaban J connectivity index is 1.30. The first-order valence-electron chi connectivity index (χ1n) is 13.1. The summed E-state index contributed by atoms with van der Waals surface area (Å²) in [4.78, 5) is 51.8. The molecule has 0 bridgehead atoms. The van der Waals surface area contributed by atoms with Crippen molar-refractivity contribution in [2.24, 2.45) is 0 Å². The number of amides is 2. The normalized spacial score (nSPS) is 13.9. The number of aromatic nitrogens is 5. The summed E-state index contributed by atoms with van der Waals surface area (Å²) in [5, 5.41) is 15.9. The molecule has 4 aromatic rings. The topological polar surface area (TPSA) is 149 Å². The molecule has 41 heavy (non-hydrogen) atoms. The molecule has 3 aromatic heterocycles. The number of fused-ring (bicyclic) bond motifs is 1. The van der Waals surface area contributed by atoms with E-state index >= 15 is 0 Å². The maximum atomic E-state index is 13.4. The lowest BCUT2D eigenvalue weighted by Gasteiger charge is -2.26. The fourth-order valence-electron chi connectivity index (χ4n) is 4.55. The highest BCUT2D eigenvalue weighted by Gasteiger charge is 2.35. The second-order valence-corrected chi connectivity index (χ2v) is 9.92. The molecule has 4 heterocycles. The zero-order chi connectivity index (χ0) is 29.1. The van der Waals surface area contributed by atoms with Crippen LogP contribution in [0.4, 0.5) is 17.6 Å². The van der Waals surface area contributed by atoms with Crippen LogP contribution in [0.25, 0.3) is 11.3 Å². The van der Waals surface area contributed by atoms with Gasteiger partial charge in [0.15, 0.2) is 0 Å². The number of carbonyl (C=O) groups is 2. The molecule has 2 amide bonds. The minimum atomic E-state index is -0.768. The van der Waals surface area contributed by atoms with Crippen molar-refractivity contribution in [1.82, 2.24) is 35.1 Å². The molecular weight excluding hydrogens is 522 g/mol. The van der Waals surface area contributed by atoms with E-state index in [2.05, 4.69) is 35.6 Å². The third-order valence-electron chi connectivity index (χ3n) is 6.83. The Morgan fingerprint density at radius 3 is 2.63 bits per heavy atom. The molecule has 2 atom stereocenters.